The van der Waals surface area contributed by atoms with E-state index >= 15 is 0 Å². The van der Waals surface area contributed by atoms with Gasteiger partial charge in [0.15, 0.2) is 0 Å². The summed E-state index contributed by atoms with van der Waals surface area (Å²) in [7, 11) is 3.17. The molecule has 2 amide bonds. The first-order valence-electron chi connectivity index (χ1n) is 25.5. The number of hydrogen-bond donors (Lipinski definition) is 4. The molecule has 390 valence electrons. The summed E-state index contributed by atoms with van der Waals surface area (Å²) < 4.78 is 0. The van der Waals surface area contributed by atoms with Crippen molar-refractivity contribution >= 4 is 89.8 Å². The van der Waals surface area contributed by atoms with Crippen molar-refractivity contribution in [2.45, 2.75) is 24.0 Å². The predicted octanol–water partition coefficient (Wildman–Crippen LogP) is 14.1. The minimum absolute atomic E-state index is 0.165. The molecule has 0 aliphatic heterocycles. The van der Waals surface area contributed by atoms with Gasteiger partial charge in [0.2, 0.25) is 11.2 Å². The number of H-pyrrole nitrogens is 2. The lowest BCUT2D eigenvalue weighted by Crippen LogP contribution is -2.36. The van der Waals surface area contributed by atoms with E-state index in [1.54, 1.807) is 21.6 Å². The maximum atomic E-state index is 14.4. The summed E-state index contributed by atoms with van der Waals surface area (Å²) >= 11 is 13.0. The molecule has 14 heteroatoms. The number of benzene rings is 8. The second-order valence-electron chi connectivity index (χ2n) is 18.3. The monoisotopic (exact) mass is 1100 g/mol. The summed E-state index contributed by atoms with van der Waals surface area (Å²) in [5.74, 6) is 0.421. The topological polar surface area (TPSA) is 133 Å². The third-order valence-corrected chi connectivity index (χ3v) is 16.3. The molecule has 4 N–H and O–H groups in total. The smallest absolute Gasteiger partial charge is 0.269 e. The van der Waals surface area contributed by atoms with Crippen LogP contribution in [-0.2, 0) is 43.3 Å². The highest BCUT2D eigenvalue weighted by atomic mass is 35.5. The minimum atomic E-state index is -1.19. The van der Waals surface area contributed by atoms with Crippen LogP contribution in [0.15, 0.2) is 241 Å². The van der Waals surface area contributed by atoms with E-state index in [0.717, 1.165) is 66.3 Å². The van der Waals surface area contributed by atoms with Gasteiger partial charge in [-0.05, 0) is 47.5 Å². The molecule has 0 unspecified atom stereocenters. The van der Waals surface area contributed by atoms with Crippen LogP contribution in [0.25, 0.3) is 21.8 Å². The first-order chi connectivity index (χ1) is 38.3. The number of carbonyl (C=O) groups is 2. The Kier molecular flexibility index (Phi) is 17.4. The Morgan fingerprint density at radius 3 is 1.03 bits per heavy atom. The van der Waals surface area contributed by atoms with Gasteiger partial charge in [-0.1, -0.05) is 237 Å². The van der Waals surface area contributed by atoms with Crippen LogP contribution in [0.3, 0.4) is 0 Å². The average Bonchev–Trinajstić information content (AvgIpc) is 4.13. The van der Waals surface area contributed by atoms with Crippen molar-refractivity contribution < 1.29 is 19.3 Å². The van der Waals surface area contributed by atoms with Crippen molar-refractivity contribution in [3.63, 3.8) is 0 Å². The second-order valence-corrected chi connectivity index (χ2v) is 21.9. The molecule has 0 fully saturated rings. The zero-order valence-electron chi connectivity index (χ0n) is 42.3. The van der Waals surface area contributed by atoms with Gasteiger partial charge in [-0.25, -0.2) is 0 Å². The van der Waals surface area contributed by atoms with Crippen molar-refractivity contribution in [3.8, 4) is 0 Å². The van der Waals surface area contributed by atoms with Crippen molar-refractivity contribution in [1.29, 1.82) is 0 Å². The highest BCUT2D eigenvalue weighted by Crippen LogP contribution is 2.42. The van der Waals surface area contributed by atoms with E-state index in [4.69, 9.17) is 43.2 Å². The van der Waals surface area contributed by atoms with Crippen LogP contribution in [0, 0.1) is 0 Å². The van der Waals surface area contributed by atoms with Crippen LogP contribution >= 0.6 is 44.8 Å². The van der Waals surface area contributed by atoms with Gasteiger partial charge in [0.1, 0.15) is 11.4 Å². The van der Waals surface area contributed by atoms with E-state index in [2.05, 4.69) is 20.6 Å². The van der Waals surface area contributed by atoms with Gasteiger partial charge >= 0.3 is 0 Å². The molecule has 0 radical (unpaired) electrons. The van der Waals surface area contributed by atoms with E-state index in [-0.39, 0.29) is 36.1 Å². The van der Waals surface area contributed by atoms with Crippen molar-refractivity contribution in [1.82, 2.24) is 20.6 Å². The molecule has 78 heavy (non-hydrogen) atoms. The molecule has 0 atom stereocenters. The number of aromatic nitrogens is 2. The first kappa shape index (κ1) is 53.4. The SMILES string of the molecule is O=C(NCCSSCCNC(=O)/C(Cc1c[nH]c2ccc(Cl)cc12)=N/OC(c1ccccc1)(c1ccccc1)c1ccccc1)/C(Cc1c[nH]c2ccc(Cl)cc12)=N/OC(c1ccccc1)(c1ccccc1)c1ccccc1. The molecule has 10 rings (SSSR count). The molecular formula is C64H54Cl2N6O4S2. The van der Waals surface area contributed by atoms with Crippen LogP contribution in [-0.4, -0.2) is 57.8 Å². The molecule has 10 nitrogen and oxygen atoms in total. The molecule has 10 aromatic rings. The van der Waals surface area contributed by atoms with Gasteiger partial charge in [-0.15, -0.1) is 0 Å². The number of amides is 2. The van der Waals surface area contributed by atoms with Gasteiger partial charge in [-0.3, -0.25) is 9.59 Å². The fraction of sp³-hybridized carbons (Fsp3) is 0.125. The van der Waals surface area contributed by atoms with E-state index in [1.807, 2.05) is 231 Å². The average molecular weight is 1110 g/mol. The Morgan fingerprint density at radius 2 is 0.731 bits per heavy atom. The predicted molar refractivity (Wildman–Crippen MR) is 320 cm³/mol. The number of oxime groups is 2. The molecule has 0 bridgehead atoms. The van der Waals surface area contributed by atoms with E-state index in [0.29, 0.717) is 34.6 Å². The molecule has 0 saturated carbocycles. The summed E-state index contributed by atoms with van der Waals surface area (Å²) in [6.07, 6.45) is 4.08. The fourth-order valence-electron chi connectivity index (χ4n) is 9.60. The van der Waals surface area contributed by atoms with Crippen LogP contribution < -0.4 is 10.6 Å². The van der Waals surface area contributed by atoms with Gasteiger partial charge in [0.25, 0.3) is 11.8 Å². The molecule has 2 heterocycles. The Balaban J connectivity index is 0.839. The zero-order valence-corrected chi connectivity index (χ0v) is 45.4. The summed E-state index contributed by atoms with van der Waals surface area (Å²) in [6, 6.07) is 70.7. The zero-order chi connectivity index (χ0) is 53.6. The Labute approximate surface area is 471 Å². The van der Waals surface area contributed by atoms with E-state index in [9.17, 15) is 9.59 Å². The first-order valence-corrected chi connectivity index (χ1v) is 28.7. The quantitative estimate of drug-likeness (QED) is 0.0166. The third kappa shape index (κ3) is 12.1. The Hall–Kier alpha value is -8.00. The van der Waals surface area contributed by atoms with Crippen LogP contribution in [0.4, 0.5) is 0 Å². The highest BCUT2D eigenvalue weighted by molar-refractivity contribution is 8.76. The molecular weight excluding hydrogens is 1050 g/mol. The molecule has 0 saturated heterocycles. The number of carbonyl (C=O) groups excluding carboxylic acids is 2. The van der Waals surface area contributed by atoms with Crippen molar-refractivity contribution in [2.24, 2.45) is 10.3 Å². The lowest BCUT2D eigenvalue weighted by molar-refractivity contribution is -0.116. The number of aromatic amines is 2. The van der Waals surface area contributed by atoms with Gasteiger partial charge < -0.3 is 30.3 Å². The van der Waals surface area contributed by atoms with Crippen molar-refractivity contribution in [3.05, 3.63) is 285 Å². The molecule has 2 aromatic heterocycles. The van der Waals surface area contributed by atoms with Gasteiger partial charge in [-0.2, -0.15) is 0 Å². The van der Waals surface area contributed by atoms with Crippen molar-refractivity contribution in [2.75, 3.05) is 24.6 Å². The fourth-order valence-corrected chi connectivity index (χ4v) is 11.8. The van der Waals surface area contributed by atoms with Crippen LogP contribution in [0.2, 0.25) is 10.0 Å². The number of fused-ring (bicyclic) bond motifs is 2. The third-order valence-electron chi connectivity index (χ3n) is 13.4. The normalized spacial score (nSPS) is 12.1. The maximum Gasteiger partial charge on any atom is 0.269 e. The Morgan fingerprint density at radius 1 is 0.436 bits per heavy atom. The molecule has 0 aliphatic carbocycles. The number of halogens is 2. The molecule has 0 spiro atoms. The number of nitrogens with one attached hydrogen (secondary N) is 4. The molecule has 8 aromatic carbocycles. The van der Waals surface area contributed by atoms with E-state index in [1.165, 1.54) is 0 Å². The number of hydrogen-bond acceptors (Lipinski definition) is 8. The van der Waals surface area contributed by atoms with Gasteiger partial charge in [0, 0.05) is 115 Å². The summed E-state index contributed by atoms with van der Waals surface area (Å²) in [6.45, 7) is 0.690. The number of nitrogens with zero attached hydrogens (tertiary/aromatic N) is 2. The van der Waals surface area contributed by atoms with Crippen LogP contribution in [0.1, 0.15) is 44.5 Å². The highest BCUT2D eigenvalue weighted by Gasteiger charge is 2.41. The largest absolute Gasteiger partial charge is 0.374 e. The molecule has 0 aliphatic rings. The summed E-state index contributed by atoms with van der Waals surface area (Å²) in [5.41, 5.74) is 6.55. The summed E-state index contributed by atoms with van der Waals surface area (Å²) in [5, 5.41) is 18.7. The maximum absolute atomic E-state index is 14.4. The van der Waals surface area contributed by atoms with Crippen LogP contribution in [0.5, 0.6) is 0 Å². The lowest BCUT2D eigenvalue weighted by atomic mass is 9.80. The second kappa shape index (κ2) is 25.4. The van der Waals surface area contributed by atoms with E-state index < -0.39 is 11.2 Å². The minimum Gasteiger partial charge on any atom is -0.374 e. The van der Waals surface area contributed by atoms with Gasteiger partial charge in [0.05, 0.1) is 0 Å². The standard InChI is InChI=1S/C64H54Cl2N6O4S2/c65-53-31-33-57-55(41-53)45(43-69-57)39-59(71-75-63(47-19-7-1-8-20-47,48-21-9-2-10-22-48)49-23-11-3-12-24-49)61(73)67-35-37-77-78-38-36-68-62(74)60(40-46-44-70-58-34-32-54(66)42-56(46)58)72-76-64(50-25-13-4-14-26-50,51-27-15-5-16-28-51)52-29-17-6-18-30-52/h1-34,41-44,69-70H,35-40H2,(H,67,73)(H,68,74)/b71-59+,72-60+. The number of rotatable bonds is 23. The summed E-state index contributed by atoms with van der Waals surface area (Å²) in [4.78, 5) is 49.0. The Bertz CT molecular complexity index is 3220. The lowest BCUT2D eigenvalue weighted by Gasteiger charge is -2.33.